The van der Waals surface area contributed by atoms with Crippen LogP contribution < -0.4 is 5.32 Å². The van der Waals surface area contributed by atoms with Crippen molar-refractivity contribution in [3.05, 3.63) is 35.9 Å². The van der Waals surface area contributed by atoms with Crippen LogP contribution in [0.25, 0.3) is 0 Å². The van der Waals surface area contributed by atoms with Crippen LogP contribution >= 0.6 is 0 Å². The Kier molecular flexibility index (Phi) is 7.40. The van der Waals surface area contributed by atoms with Crippen molar-refractivity contribution in [2.75, 3.05) is 19.8 Å². The van der Waals surface area contributed by atoms with Crippen molar-refractivity contribution < 1.29 is 14.3 Å². The maximum atomic E-state index is 12.6. The number of carbonyl (C=O) groups excluding carboxylic acids is 1. The monoisotopic (exact) mass is 293 g/mol. The molecule has 1 aromatic carbocycles. The fourth-order valence-electron chi connectivity index (χ4n) is 2.28. The van der Waals surface area contributed by atoms with E-state index < -0.39 is 5.54 Å². The first-order valence-electron chi connectivity index (χ1n) is 7.65. The van der Waals surface area contributed by atoms with Crippen molar-refractivity contribution in [2.24, 2.45) is 0 Å². The number of carbonyl (C=O) groups is 1. The molecule has 0 saturated carbocycles. The fraction of sp³-hybridized carbons (Fsp3) is 0.588. The first kappa shape index (κ1) is 17.7. The summed E-state index contributed by atoms with van der Waals surface area (Å²) in [4.78, 5) is 12.6. The van der Waals surface area contributed by atoms with Gasteiger partial charge in [-0.2, -0.15) is 0 Å². The summed E-state index contributed by atoms with van der Waals surface area (Å²) in [6.07, 6.45) is 0.912. The minimum atomic E-state index is -0.958. The molecular formula is C17H27NO3. The molecule has 4 nitrogen and oxygen atoms in total. The van der Waals surface area contributed by atoms with Gasteiger partial charge in [0.1, 0.15) is 0 Å². The predicted octanol–water partition coefficient (Wildman–Crippen LogP) is 2.87. The van der Waals surface area contributed by atoms with Gasteiger partial charge in [0, 0.05) is 12.6 Å². The minimum Gasteiger partial charge on any atom is -0.464 e. The Morgan fingerprint density at radius 2 is 1.90 bits per heavy atom. The van der Waals surface area contributed by atoms with E-state index in [-0.39, 0.29) is 18.6 Å². The molecule has 0 amide bonds. The topological polar surface area (TPSA) is 47.6 Å². The van der Waals surface area contributed by atoms with E-state index in [0.717, 1.165) is 12.0 Å². The second-order valence-electron chi connectivity index (χ2n) is 5.34. The molecule has 4 heteroatoms. The molecule has 0 bridgehead atoms. The lowest BCUT2D eigenvalue weighted by molar-refractivity contribution is -0.155. The van der Waals surface area contributed by atoms with Crippen LogP contribution in [0, 0.1) is 0 Å². The summed E-state index contributed by atoms with van der Waals surface area (Å²) in [5.74, 6) is -0.291. The van der Waals surface area contributed by atoms with E-state index in [9.17, 15) is 4.79 Å². The minimum absolute atomic E-state index is 0.125. The lowest BCUT2D eigenvalue weighted by Crippen LogP contribution is -2.56. The SMILES string of the molecule is CCCOCC(NC(C)C)(C(=O)OCC)c1ccccc1. The summed E-state index contributed by atoms with van der Waals surface area (Å²) < 4.78 is 11.0. The average Bonchev–Trinajstić information content (AvgIpc) is 2.47. The van der Waals surface area contributed by atoms with E-state index in [0.29, 0.717) is 13.2 Å². The zero-order valence-electron chi connectivity index (χ0n) is 13.5. The Morgan fingerprint density at radius 3 is 2.43 bits per heavy atom. The van der Waals surface area contributed by atoms with E-state index in [4.69, 9.17) is 9.47 Å². The molecule has 1 rings (SSSR count). The van der Waals surface area contributed by atoms with Crippen LogP contribution in [-0.2, 0) is 19.8 Å². The third-order valence-electron chi connectivity index (χ3n) is 3.09. The van der Waals surface area contributed by atoms with Gasteiger partial charge < -0.3 is 9.47 Å². The second kappa shape index (κ2) is 8.80. The highest BCUT2D eigenvalue weighted by Crippen LogP contribution is 2.25. The summed E-state index contributed by atoms with van der Waals surface area (Å²) in [6.45, 7) is 9.12. The maximum Gasteiger partial charge on any atom is 0.333 e. The number of ether oxygens (including phenoxy) is 2. The molecule has 21 heavy (non-hydrogen) atoms. The molecule has 0 fully saturated rings. The summed E-state index contributed by atoms with van der Waals surface area (Å²) in [5, 5.41) is 3.35. The molecule has 0 spiro atoms. The molecule has 1 N–H and O–H groups in total. The summed E-state index contributed by atoms with van der Waals surface area (Å²) in [5.41, 5.74) is -0.0890. The highest BCUT2D eigenvalue weighted by Gasteiger charge is 2.42. The van der Waals surface area contributed by atoms with E-state index >= 15 is 0 Å². The number of hydrogen-bond acceptors (Lipinski definition) is 4. The average molecular weight is 293 g/mol. The van der Waals surface area contributed by atoms with Crippen LogP contribution in [0.5, 0.6) is 0 Å². The Balaban J connectivity index is 3.16. The van der Waals surface area contributed by atoms with Crippen molar-refractivity contribution in [3.63, 3.8) is 0 Å². The molecule has 1 atom stereocenters. The smallest absolute Gasteiger partial charge is 0.333 e. The summed E-state index contributed by atoms with van der Waals surface area (Å²) in [6, 6.07) is 9.76. The number of nitrogens with one attached hydrogen (secondary N) is 1. The zero-order valence-corrected chi connectivity index (χ0v) is 13.5. The first-order valence-corrected chi connectivity index (χ1v) is 7.65. The van der Waals surface area contributed by atoms with Gasteiger partial charge in [0.2, 0.25) is 0 Å². The van der Waals surface area contributed by atoms with Gasteiger partial charge in [-0.25, -0.2) is 4.79 Å². The van der Waals surface area contributed by atoms with Gasteiger partial charge >= 0.3 is 5.97 Å². The number of benzene rings is 1. The second-order valence-corrected chi connectivity index (χ2v) is 5.34. The quantitative estimate of drug-likeness (QED) is 0.562. The fourth-order valence-corrected chi connectivity index (χ4v) is 2.28. The van der Waals surface area contributed by atoms with Crippen LogP contribution in [0.15, 0.2) is 30.3 Å². The van der Waals surface area contributed by atoms with Crippen LogP contribution in [0.4, 0.5) is 0 Å². The lowest BCUT2D eigenvalue weighted by Gasteiger charge is -2.34. The Bertz CT molecular complexity index is 419. The molecule has 118 valence electrons. The molecule has 1 unspecified atom stereocenters. The molecule has 0 aliphatic heterocycles. The molecule has 0 aromatic heterocycles. The number of esters is 1. The molecule has 0 radical (unpaired) electrons. The lowest BCUT2D eigenvalue weighted by atomic mass is 9.89. The molecule has 0 aliphatic carbocycles. The van der Waals surface area contributed by atoms with Gasteiger partial charge in [-0.1, -0.05) is 37.3 Å². The van der Waals surface area contributed by atoms with Crippen LogP contribution in [0.1, 0.15) is 39.7 Å². The van der Waals surface area contributed by atoms with Crippen molar-refractivity contribution in [1.29, 1.82) is 0 Å². The van der Waals surface area contributed by atoms with E-state index in [2.05, 4.69) is 5.32 Å². The van der Waals surface area contributed by atoms with Gasteiger partial charge in [-0.15, -0.1) is 0 Å². The highest BCUT2D eigenvalue weighted by atomic mass is 16.5. The Morgan fingerprint density at radius 1 is 1.24 bits per heavy atom. The molecular weight excluding hydrogens is 266 g/mol. The number of hydrogen-bond donors (Lipinski definition) is 1. The predicted molar refractivity (Wildman–Crippen MR) is 84.1 cm³/mol. The maximum absolute atomic E-state index is 12.6. The van der Waals surface area contributed by atoms with Gasteiger partial charge in [-0.05, 0) is 32.8 Å². The van der Waals surface area contributed by atoms with Crippen LogP contribution in [0.3, 0.4) is 0 Å². The molecule has 0 saturated heterocycles. The van der Waals surface area contributed by atoms with E-state index in [1.807, 2.05) is 58.0 Å². The Labute approximate surface area is 127 Å². The third kappa shape index (κ3) is 4.83. The largest absolute Gasteiger partial charge is 0.464 e. The Hall–Kier alpha value is -1.39. The zero-order chi connectivity index (χ0) is 15.7. The van der Waals surface area contributed by atoms with Gasteiger partial charge in [-0.3, -0.25) is 5.32 Å². The first-order chi connectivity index (χ1) is 10.1. The van der Waals surface area contributed by atoms with Gasteiger partial charge in [0.15, 0.2) is 5.54 Å². The summed E-state index contributed by atoms with van der Waals surface area (Å²) >= 11 is 0. The molecule has 1 aromatic rings. The van der Waals surface area contributed by atoms with Gasteiger partial charge in [0.25, 0.3) is 0 Å². The van der Waals surface area contributed by atoms with Crippen molar-refractivity contribution in [1.82, 2.24) is 5.32 Å². The molecule has 0 aliphatic rings. The third-order valence-corrected chi connectivity index (χ3v) is 3.09. The van der Waals surface area contributed by atoms with Crippen molar-refractivity contribution in [3.8, 4) is 0 Å². The van der Waals surface area contributed by atoms with Crippen molar-refractivity contribution >= 4 is 5.97 Å². The normalized spacial score (nSPS) is 14.0. The van der Waals surface area contributed by atoms with Crippen LogP contribution in [-0.4, -0.2) is 31.8 Å². The van der Waals surface area contributed by atoms with Crippen molar-refractivity contribution in [2.45, 2.75) is 45.7 Å². The number of rotatable bonds is 9. The van der Waals surface area contributed by atoms with E-state index in [1.165, 1.54) is 0 Å². The standard InChI is InChI=1S/C17H27NO3/c1-5-12-20-13-17(18-14(3)4,16(19)21-6-2)15-10-8-7-9-11-15/h7-11,14,18H,5-6,12-13H2,1-4H3. The summed E-state index contributed by atoms with van der Waals surface area (Å²) in [7, 11) is 0. The van der Waals surface area contributed by atoms with Crippen LogP contribution in [0.2, 0.25) is 0 Å². The van der Waals surface area contributed by atoms with Gasteiger partial charge in [0.05, 0.1) is 13.2 Å². The highest BCUT2D eigenvalue weighted by molar-refractivity contribution is 5.83. The van der Waals surface area contributed by atoms with E-state index in [1.54, 1.807) is 0 Å². The molecule has 0 heterocycles.